The van der Waals surface area contributed by atoms with Crippen molar-refractivity contribution < 1.29 is 19.4 Å². The van der Waals surface area contributed by atoms with Crippen molar-refractivity contribution in [1.82, 2.24) is 4.90 Å². The number of anilines is 1. The molecule has 0 saturated carbocycles. The maximum atomic E-state index is 12.3. The third kappa shape index (κ3) is 2.58. The number of aliphatic hydroxyl groups is 1. The summed E-state index contributed by atoms with van der Waals surface area (Å²) in [7, 11) is 3.01. The van der Waals surface area contributed by atoms with Crippen LogP contribution in [-0.2, 0) is 0 Å². The van der Waals surface area contributed by atoms with Crippen LogP contribution in [0.2, 0.25) is 0 Å². The number of carbonyl (C=O) groups is 1. The van der Waals surface area contributed by atoms with Crippen molar-refractivity contribution >= 4 is 11.6 Å². The normalized spacial score (nSPS) is 18.5. The third-order valence-electron chi connectivity index (χ3n) is 3.24. The van der Waals surface area contributed by atoms with E-state index in [1.165, 1.54) is 14.2 Å². The van der Waals surface area contributed by atoms with E-state index >= 15 is 0 Å². The van der Waals surface area contributed by atoms with Gasteiger partial charge in [0.1, 0.15) is 0 Å². The Morgan fingerprint density at radius 3 is 2.53 bits per heavy atom. The van der Waals surface area contributed by atoms with Gasteiger partial charge >= 0.3 is 0 Å². The van der Waals surface area contributed by atoms with Crippen LogP contribution in [-0.4, -0.2) is 49.3 Å². The zero-order valence-corrected chi connectivity index (χ0v) is 11.0. The molecule has 1 aromatic carbocycles. The molecule has 1 unspecified atom stereocenters. The van der Waals surface area contributed by atoms with E-state index in [1.807, 2.05) is 0 Å². The minimum Gasteiger partial charge on any atom is -0.493 e. The second-order valence-corrected chi connectivity index (χ2v) is 4.49. The number of hydrogen-bond acceptors (Lipinski definition) is 5. The average molecular weight is 266 g/mol. The molecule has 19 heavy (non-hydrogen) atoms. The Bertz CT molecular complexity index is 490. The summed E-state index contributed by atoms with van der Waals surface area (Å²) in [5.41, 5.74) is 6.58. The number of aliphatic hydroxyl groups excluding tert-OH is 1. The Morgan fingerprint density at radius 1 is 1.37 bits per heavy atom. The SMILES string of the molecule is COc1cc(N)c(C(=O)N2CCC(O)C2)cc1OC. The number of hydrogen-bond donors (Lipinski definition) is 2. The highest BCUT2D eigenvalue weighted by atomic mass is 16.5. The molecule has 2 rings (SSSR count). The number of nitrogens with two attached hydrogens (primary N) is 1. The number of benzene rings is 1. The van der Waals surface area contributed by atoms with Gasteiger partial charge in [0.25, 0.3) is 5.91 Å². The highest BCUT2D eigenvalue weighted by molar-refractivity contribution is 6.00. The van der Waals surface area contributed by atoms with Gasteiger partial charge < -0.3 is 25.2 Å². The van der Waals surface area contributed by atoms with Gasteiger partial charge in [0.05, 0.1) is 25.9 Å². The summed E-state index contributed by atoms with van der Waals surface area (Å²) < 4.78 is 10.3. The van der Waals surface area contributed by atoms with Gasteiger partial charge in [-0.15, -0.1) is 0 Å². The van der Waals surface area contributed by atoms with Crippen LogP contribution in [0.5, 0.6) is 11.5 Å². The molecule has 1 amide bonds. The van der Waals surface area contributed by atoms with Crippen LogP contribution in [0.1, 0.15) is 16.8 Å². The van der Waals surface area contributed by atoms with Crippen molar-refractivity contribution in [2.75, 3.05) is 33.0 Å². The lowest BCUT2D eigenvalue weighted by atomic mass is 10.1. The van der Waals surface area contributed by atoms with Crippen molar-refractivity contribution in [3.8, 4) is 11.5 Å². The fraction of sp³-hybridized carbons (Fsp3) is 0.462. The van der Waals surface area contributed by atoms with Crippen molar-refractivity contribution in [3.05, 3.63) is 17.7 Å². The molecule has 1 saturated heterocycles. The Hall–Kier alpha value is -1.95. The summed E-state index contributed by atoms with van der Waals surface area (Å²) in [5, 5.41) is 9.48. The fourth-order valence-electron chi connectivity index (χ4n) is 2.18. The summed E-state index contributed by atoms with van der Waals surface area (Å²) in [6, 6.07) is 3.14. The Kier molecular flexibility index (Phi) is 3.80. The molecule has 1 heterocycles. The van der Waals surface area contributed by atoms with Crippen molar-refractivity contribution in [3.63, 3.8) is 0 Å². The van der Waals surface area contributed by atoms with Gasteiger partial charge in [0.15, 0.2) is 11.5 Å². The topological polar surface area (TPSA) is 85.0 Å². The fourth-order valence-corrected chi connectivity index (χ4v) is 2.18. The summed E-state index contributed by atoms with van der Waals surface area (Å²) in [6.07, 6.45) is 0.143. The lowest BCUT2D eigenvalue weighted by Crippen LogP contribution is -2.30. The van der Waals surface area contributed by atoms with Crippen LogP contribution < -0.4 is 15.2 Å². The second kappa shape index (κ2) is 5.36. The molecule has 6 heteroatoms. The minimum atomic E-state index is -0.453. The Labute approximate surface area is 111 Å². The van der Waals surface area contributed by atoms with Crippen molar-refractivity contribution in [1.29, 1.82) is 0 Å². The van der Waals surface area contributed by atoms with E-state index in [2.05, 4.69) is 0 Å². The average Bonchev–Trinajstić information content (AvgIpc) is 2.84. The molecule has 1 aliphatic heterocycles. The molecule has 0 aromatic heterocycles. The van der Waals surface area contributed by atoms with Crippen LogP contribution in [0.4, 0.5) is 5.69 Å². The largest absolute Gasteiger partial charge is 0.493 e. The van der Waals surface area contributed by atoms with E-state index < -0.39 is 6.10 Å². The van der Waals surface area contributed by atoms with E-state index in [-0.39, 0.29) is 5.91 Å². The second-order valence-electron chi connectivity index (χ2n) is 4.49. The lowest BCUT2D eigenvalue weighted by Gasteiger charge is -2.18. The standard InChI is InChI=1S/C13H18N2O4/c1-18-11-5-9(10(14)6-12(11)19-2)13(17)15-4-3-8(16)7-15/h5-6,8,16H,3-4,7,14H2,1-2H3. The van der Waals surface area contributed by atoms with Crippen LogP contribution in [0.25, 0.3) is 0 Å². The molecule has 0 spiro atoms. The van der Waals surface area contributed by atoms with Gasteiger partial charge in [-0.3, -0.25) is 4.79 Å². The molecule has 0 bridgehead atoms. The molecule has 1 atom stereocenters. The lowest BCUT2D eigenvalue weighted by molar-refractivity contribution is 0.0765. The molecule has 1 aromatic rings. The van der Waals surface area contributed by atoms with Crippen LogP contribution in [0.15, 0.2) is 12.1 Å². The quantitative estimate of drug-likeness (QED) is 0.778. The third-order valence-corrected chi connectivity index (χ3v) is 3.24. The highest BCUT2D eigenvalue weighted by Gasteiger charge is 2.27. The smallest absolute Gasteiger partial charge is 0.256 e. The van der Waals surface area contributed by atoms with Gasteiger partial charge in [-0.05, 0) is 12.5 Å². The monoisotopic (exact) mass is 266 g/mol. The van der Waals surface area contributed by atoms with Gasteiger partial charge in [-0.1, -0.05) is 0 Å². The first-order valence-corrected chi connectivity index (χ1v) is 6.05. The van der Waals surface area contributed by atoms with Crippen LogP contribution in [0, 0.1) is 0 Å². The maximum absolute atomic E-state index is 12.3. The number of rotatable bonds is 3. The molecular formula is C13H18N2O4. The Morgan fingerprint density at radius 2 is 2.00 bits per heavy atom. The van der Waals surface area contributed by atoms with Crippen molar-refractivity contribution in [2.24, 2.45) is 0 Å². The van der Waals surface area contributed by atoms with Gasteiger partial charge in [-0.25, -0.2) is 0 Å². The number of likely N-dealkylation sites (tertiary alicyclic amines) is 1. The zero-order chi connectivity index (χ0) is 14.0. The molecule has 3 N–H and O–H groups in total. The zero-order valence-electron chi connectivity index (χ0n) is 11.0. The first-order valence-electron chi connectivity index (χ1n) is 6.05. The van der Waals surface area contributed by atoms with E-state index in [0.717, 1.165) is 0 Å². The first-order chi connectivity index (χ1) is 9.06. The van der Waals surface area contributed by atoms with Gasteiger partial charge in [0.2, 0.25) is 0 Å². The van der Waals surface area contributed by atoms with Crippen molar-refractivity contribution in [2.45, 2.75) is 12.5 Å². The molecule has 1 aliphatic rings. The maximum Gasteiger partial charge on any atom is 0.256 e. The van der Waals surface area contributed by atoms with Gasteiger partial charge in [-0.2, -0.15) is 0 Å². The van der Waals surface area contributed by atoms with Crippen LogP contribution in [0.3, 0.4) is 0 Å². The number of methoxy groups -OCH3 is 2. The number of ether oxygens (including phenoxy) is 2. The number of β-amino-alcohol motifs (C(OH)–C–C–N with tert-alkyl or cyclic N) is 1. The molecular weight excluding hydrogens is 248 g/mol. The van der Waals surface area contributed by atoms with E-state index in [9.17, 15) is 9.90 Å². The Balaban J connectivity index is 2.31. The number of amides is 1. The van der Waals surface area contributed by atoms with E-state index in [1.54, 1.807) is 17.0 Å². The number of nitrogen functional groups attached to an aromatic ring is 1. The molecule has 104 valence electrons. The number of carbonyl (C=O) groups excluding carboxylic acids is 1. The summed E-state index contributed by atoms with van der Waals surface area (Å²) in [6.45, 7) is 0.875. The number of nitrogens with zero attached hydrogens (tertiary/aromatic N) is 1. The van der Waals surface area contributed by atoms with E-state index in [4.69, 9.17) is 15.2 Å². The molecule has 0 radical (unpaired) electrons. The van der Waals surface area contributed by atoms with E-state index in [0.29, 0.717) is 42.3 Å². The molecule has 0 aliphatic carbocycles. The highest BCUT2D eigenvalue weighted by Crippen LogP contribution is 2.32. The predicted molar refractivity (Wildman–Crippen MR) is 70.5 cm³/mol. The first kappa shape index (κ1) is 13.5. The molecule has 1 fully saturated rings. The predicted octanol–water partition coefficient (Wildman–Crippen LogP) is 0.493. The summed E-state index contributed by atoms with van der Waals surface area (Å²) in [5.74, 6) is 0.743. The summed E-state index contributed by atoms with van der Waals surface area (Å²) >= 11 is 0. The van der Waals surface area contributed by atoms with Crippen LogP contribution >= 0.6 is 0 Å². The summed E-state index contributed by atoms with van der Waals surface area (Å²) in [4.78, 5) is 13.9. The minimum absolute atomic E-state index is 0.199. The van der Waals surface area contributed by atoms with Gasteiger partial charge in [0, 0.05) is 24.8 Å². The molecule has 6 nitrogen and oxygen atoms in total.